The second-order valence-corrected chi connectivity index (χ2v) is 5.42. The number of likely N-dealkylation sites (N-methyl/N-ethyl adjacent to an activating group) is 1. The van der Waals surface area contributed by atoms with E-state index in [4.69, 9.17) is 0 Å². The molecule has 1 N–H and O–H groups in total. The van der Waals surface area contributed by atoms with Crippen LogP contribution in [0.2, 0.25) is 0 Å². The topological polar surface area (TPSA) is 29.9 Å². The number of hydrogen-bond acceptors (Lipinski definition) is 2. The predicted octanol–water partition coefficient (Wildman–Crippen LogP) is 3.10. The molecule has 0 spiro atoms. The average Bonchev–Trinajstić information content (AvgIpc) is 2.71. The Morgan fingerprint density at radius 2 is 1.75 bits per heavy atom. The van der Waals surface area contributed by atoms with Crippen LogP contribution in [0, 0.1) is 13.8 Å². The summed E-state index contributed by atoms with van der Waals surface area (Å²) in [6.07, 6.45) is 2.09. The van der Waals surface area contributed by atoms with Gasteiger partial charge in [-0.05, 0) is 44.9 Å². The Morgan fingerprint density at radius 3 is 2.20 bits per heavy atom. The SMILES string of the molecule is CCc1ccc(CC(NC)c2c(C)nn(C)c2C)cc1. The first-order chi connectivity index (χ1) is 9.56. The van der Waals surface area contributed by atoms with Crippen LogP contribution in [-0.4, -0.2) is 16.8 Å². The lowest BCUT2D eigenvalue weighted by atomic mass is 9.96. The molecule has 0 amide bonds. The molecule has 20 heavy (non-hydrogen) atoms. The van der Waals surface area contributed by atoms with E-state index in [1.54, 1.807) is 0 Å². The number of nitrogens with zero attached hydrogens (tertiary/aromatic N) is 2. The smallest absolute Gasteiger partial charge is 0.0644 e. The molecule has 0 radical (unpaired) electrons. The Morgan fingerprint density at radius 1 is 1.15 bits per heavy atom. The molecule has 1 aromatic carbocycles. The second-order valence-electron chi connectivity index (χ2n) is 5.42. The van der Waals surface area contributed by atoms with Gasteiger partial charge < -0.3 is 5.32 Å². The van der Waals surface area contributed by atoms with Crippen molar-refractivity contribution in [1.29, 1.82) is 0 Å². The summed E-state index contributed by atoms with van der Waals surface area (Å²) >= 11 is 0. The van der Waals surface area contributed by atoms with E-state index in [2.05, 4.69) is 55.5 Å². The van der Waals surface area contributed by atoms with Crippen molar-refractivity contribution in [3.63, 3.8) is 0 Å². The Bertz CT molecular complexity index is 567. The summed E-state index contributed by atoms with van der Waals surface area (Å²) in [5, 5.41) is 7.96. The first kappa shape index (κ1) is 14.8. The molecule has 3 nitrogen and oxygen atoms in total. The first-order valence-electron chi connectivity index (χ1n) is 7.32. The molecule has 1 unspecified atom stereocenters. The molecule has 0 aliphatic rings. The highest BCUT2D eigenvalue weighted by molar-refractivity contribution is 5.31. The summed E-state index contributed by atoms with van der Waals surface area (Å²) in [4.78, 5) is 0. The fourth-order valence-corrected chi connectivity index (χ4v) is 2.79. The highest BCUT2D eigenvalue weighted by atomic mass is 15.3. The number of hydrogen-bond donors (Lipinski definition) is 1. The summed E-state index contributed by atoms with van der Waals surface area (Å²) in [5.74, 6) is 0. The van der Waals surface area contributed by atoms with Crippen molar-refractivity contribution in [2.24, 2.45) is 7.05 Å². The number of aromatic nitrogens is 2. The Hall–Kier alpha value is -1.61. The molecule has 0 fully saturated rings. The molecular formula is C17H25N3. The molecule has 0 aliphatic heterocycles. The van der Waals surface area contributed by atoms with E-state index in [9.17, 15) is 0 Å². The van der Waals surface area contributed by atoms with Gasteiger partial charge in [0.25, 0.3) is 0 Å². The van der Waals surface area contributed by atoms with Crippen LogP contribution in [-0.2, 0) is 19.9 Å². The highest BCUT2D eigenvalue weighted by Gasteiger charge is 2.19. The Balaban J connectivity index is 2.24. The van der Waals surface area contributed by atoms with E-state index >= 15 is 0 Å². The maximum atomic E-state index is 4.53. The third-order valence-electron chi connectivity index (χ3n) is 4.13. The number of benzene rings is 1. The van der Waals surface area contributed by atoms with Crippen molar-refractivity contribution in [2.45, 2.75) is 39.7 Å². The molecule has 0 saturated heterocycles. The molecule has 0 saturated carbocycles. The molecule has 0 bridgehead atoms. The molecular weight excluding hydrogens is 246 g/mol. The molecule has 0 aliphatic carbocycles. The molecule has 1 aromatic heterocycles. The Kier molecular flexibility index (Phi) is 4.61. The minimum Gasteiger partial charge on any atom is -0.313 e. The maximum Gasteiger partial charge on any atom is 0.0644 e. The molecule has 1 heterocycles. The van der Waals surface area contributed by atoms with Crippen LogP contribution in [0.1, 0.15) is 41.0 Å². The van der Waals surface area contributed by atoms with Crippen LogP contribution in [0.15, 0.2) is 24.3 Å². The minimum absolute atomic E-state index is 0.316. The zero-order chi connectivity index (χ0) is 14.7. The molecule has 2 aromatic rings. The maximum absolute atomic E-state index is 4.53. The zero-order valence-electron chi connectivity index (χ0n) is 13.2. The summed E-state index contributed by atoms with van der Waals surface area (Å²) in [5.41, 5.74) is 6.45. The van der Waals surface area contributed by atoms with Gasteiger partial charge in [0.2, 0.25) is 0 Å². The van der Waals surface area contributed by atoms with Gasteiger partial charge in [-0.3, -0.25) is 4.68 Å². The number of rotatable bonds is 5. The normalized spacial score (nSPS) is 12.7. The monoisotopic (exact) mass is 271 g/mol. The number of aryl methyl sites for hydroxylation is 3. The van der Waals surface area contributed by atoms with Crippen molar-refractivity contribution in [3.05, 3.63) is 52.3 Å². The lowest BCUT2D eigenvalue weighted by Gasteiger charge is -2.17. The van der Waals surface area contributed by atoms with Gasteiger partial charge in [0.05, 0.1) is 5.69 Å². The highest BCUT2D eigenvalue weighted by Crippen LogP contribution is 2.24. The second kappa shape index (κ2) is 6.23. The minimum atomic E-state index is 0.316. The average molecular weight is 271 g/mol. The molecule has 3 heteroatoms. The van der Waals surface area contributed by atoms with Gasteiger partial charge in [-0.15, -0.1) is 0 Å². The van der Waals surface area contributed by atoms with Gasteiger partial charge in [0.15, 0.2) is 0 Å². The van der Waals surface area contributed by atoms with E-state index in [1.165, 1.54) is 22.4 Å². The van der Waals surface area contributed by atoms with Gasteiger partial charge >= 0.3 is 0 Å². The fourth-order valence-electron chi connectivity index (χ4n) is 2.79. The lowest BCUT2D eigenvalue weighted by Crippen LogP contribution is -2.20. The summed E-state index contributed by atoms with van der Waals surface area (Å²) < 4.78 is 1.97. The van der Waals surface area contributed by atoms with Crippen LogP contribution in [0.3, 0.4) is 0 Å². The summed E-state index contributed by atoms with van der Waals surface area (Å²) in [6, 6.07) is 9.25. The van der Waals surface area contributed by atoms with Crippen LogP contribution in [0.4, 0.5) is 0 Å². The van der Waals surface area contributed by atoms with Crippen LogP contribution in [0.25, 0.3) is 0 Å². The van der Waals surface area contributed by atoms with E-state index in [-0.39, 0.29) is 0 Å². The van der Waals surface area contributed by atoms with Crippen LogP contribution < -0.4 is 5.32 Å². The van der Waals surface area contributed by atoms with Gasteiger partial charge in [-0.1, -0.05) is 31.2 Å². The summed E-state index contributed by atoms with van der Waals surface area (Å²) in [6.45, 7) is 6.42. The first-order valence-corrected chi connectivity index (χ1v) is 7.32. The van der Waals surface area contributed by atoms with E-state index in [1.807, 2.05) is 18.8 Å². The Labute approximate surface area is 122 Å². The summed E-state index contributed by atoms with van der Waals surface area (Å²) in [7, 11) is 4.03. The van der Waals surface area contributed by atoms with Gasteiger partial charge in [-0.25, -0.2) is 0 Å². The van der Waals surface area contributed by atoms with Crippen molar-refractivity contribution in [3.8, 4) is 0 Å². The van der Waals surface area contributed by atoms with Crippen molar-refractivity contribution >= 4 is 0 Å². The quantitative estimate of drug-likeness (QED) is 0.905. The van der Waals surface area contributed by atoms with Crippen LogP contribution >= 0.6 is 0 Å². The fraction of sp³-hybridized carbons (Fsp3) is 0.471. The van der Waals surface area contributed by atoms with Crippen LogP contribution in [0.5, 0.6) is 0 Å². The van der Waals surface area contributed by atoms with E-state index in [0.717, 1.165) is 18.5 Å². The zero-order valence-corrected chi connectivity index (χ0v) is 13.2. The lowest BCUT2D eigenvalue weighted by molar-refractivity contribution is 0.584. The van der Waals surface area contributed by atoms with Gasteiger partial charge in [0, 0.05) is 24.3 Å². The predicted molar refractivity (Wildman–Crippen MR) is 84.0 cm³/mol. The third-order valence-corrected chi connectivity index (χ3v) is 4.13. The van der Waals surface area contributed by atoms with Gasteiger partial charge in [-0.2, -0.15) is 5.10 Å². The van der Waals surface area contributed by atoms with Gasteiger partial charge in [0.1, 0.15) is 0 Å². The van der Waals surface area contributed by atoms with E-state index in [0.29, 0.717) is 6.04 Å². The molecule has 1 atom stereocenters. The standard InChI is InChI=1S/C17H25N3/c1-6-14-7-9-15(10-8-14)11-16(18-4)17-12(2)19-20(5)13(17)3/h7-10,16,18H,6,11H2,1-5H3. The molecule has 108 valence electrons. The van der Waals surface area contributed by atoms with Crippen molar-refractivity contribution < 1.29 is 0 Å². The van der Waals surface area contributed by atoms with Crippen molar-refractivity contribution in [1.82, 2.24) is 15.1 Å². The number of nitrogens with one attached hydrogen (secondary N) is 1. The molecule has 2 rings (SSSR count). The largest absolute Gasteiger partial charge is 0.313 e. The van der Waals surface area contributed by atoms with E-state index < -0.39 is 0 Å². The van der Waals surface area contributed by atoms with Crippen molar-refractivity contribution in [2.75, 3.05) is 7.05 Å². The third kappa shape index (κ3) is 2.93.